The highest BCUT2D eigenvalue weighted by atomic mass is 32.2. The van der Waals surface area contributed by atoms with Crippen LogP contribution in [0.2, 0.25) is 0 Å². The number of rotatable bonds is 3. The molecule has 0 aliphatic heterocycles. The molecular formula is C15H15N3S. The summed E-state index contributed by atoms with van der Waals surface area (Å²) in [4.78, 5) is 7.87. The number of aromatic nitrogens is 2. The number of thioether (sulfide) groups is 1. The fourth-order valence-corrected chi connectivity index (χ4v) is 3.08. The number of anilines is 1. The molecule has 0 radical (unpaired) electrons. The van der Waals surface area contributed by atoms with E-state index in [1.54, 1.807) is 11.8 Å². The Bertz CT molecular complexity index is 665. The SMILES string of the molecule is Cc1cccc(N)c1CSc1nc2ccccc2[nH]1. The zero-order valence-electron chi connectivity index (χ0n) is 10.7. The minimum atomic E-state index is 0.832. The van der Waals surface area contributed by atoms with Gasteiger partial charge in [0.05, 0.1) is 11.0 Å². The van der Waals surface area contributed by atoms with Gasteiger partial charge >= 0.3 is 0 Å². The Balaban J connectivity index is 1.82. The van der Waals surface area contributed by atoms with Crippen LogP contribution in [0.4, 0.5) is 5.69 Å². The molecular weight excluding hydrogens is 254 g/mol. The number of nitrogens with one attached hydrogen (secondary N) is 1. The first-order valence-electron chi connectivity index (χ1n) is 6.15. The second-order valence-electron chi connectivity index (χ2n) is 4.49. The van der Waals surface area contributed by atoms with Crippen molar-refractivity contribution >= 4 is 28.5 Å². The summed E-state index contributed by atoms with van der Waals surface area (Å²) in [7, 11) is 0. The second-order valence-corrected chi connectivity index (χ2v) is 5.45. The number of hydrogen-bond acceptors (Lipinski definition) is 3. The van der Waals surface area contributed by atoms with Gasteiger partial charge in [0.1, 0.15) is 0 Å². The molecule has 96 valence electrons. The molecule has 2 aromatic carbocycles. The van der Waals surface area contributed by atoms with E-state index >= 15 is 0 Å². The summed E-state index contributed by atoms with van der Waals surface area (Å²) in [6, 6.07) is 14.1. The van der Waals surface area contributed by atoms with E-state index in [1.165, 1.54) is 11.1 Å². The summed E-state index contributed by atoms with van der Waals surface area (Å²) in [6.07, 6.45) is 0. The van der Waals surface area contributed by atoms with Crippen molar-refractivity contribution in [2.75, 3.05) is 5.73 Å². The first kappa shape index (κ1) is 12.1. The Kier molecular flexibility index (Phi) is 3.17. The van der Waals surface area contributed by atoms with E-state index in [0.29, 0.717) is 0 Å². The van der Waals surface area contributed by atoms with E-state index in [2.05, 4.69) is 23.0 Å². The van der Waals surface area contributed by atoms with Crippen LogP contribution >= 0.6 is 11.8 Å². The maximum atomic E-state index is 6.02. The van der Waals surface area contributed by atoms with Crippen LogP contribution in [0.1, 0.15) is 11.1 Å². The molecule has 0 saturated heterocycles. The molecule has 19 heavy (non-hydrogen) atoms. The first-order valence-corrected chi connectivity index (χ1v) is 7.14. The molecule has 0 bridgehead atoms. The molecule has 4 heteroatoms. The van der Waals surface area contributed by atoms with Gasteiger partial charge in [-0.3, -0.25) is 0 Å². The molecule has 0 aliphatic rings. The van der Waals surface area contributed by atoms with Crippen LogP contribution in [0.15, 0.2) is 47.6 Å². The van der Waals surface area contributed by atoms with Crippen LogP contribution < -0.4 is 5.73 Å². The fraction of sp³-hybridized carbons (Fsp3) is 0.133. The minimum absolute atomic E-state index is 0.832. The molecule has 1 aromatic heterocycles. The number of hydrogen-bond donors (Lipinski definition) is 2. The second kappa shape index (κ2) is 4.97. The third-order valence-electron chi connectivity index (χ3n) is 3.17. The summed E-state index contributed by atoms with van der Waals surface area (Å²) < 4.78 is 0. The number of nitrogen functional groups attached to an aromatic ring is 1. The summed E-state index contributed by atoms with van der Waals surface area (Å²) in [5.41, 5.74) is 11.4. The highest BCUT2D eigenvalue weighted by Crippen LogP contribution is 2.27. The largest absolute Gasteiger partial charge is 0.398 e. The molecule has 0 atom stereocenters. The lowest BCUT2D eigenvalue weighted by molar-refractivity contribution is 1.08. The molecule has 3 N–H and O–H groups in total. The summed E-state index contributed by atoms with van der Waals surface area (Å²) in [6.45, 7) is 2.09. The van der Waals surface area contributed by atoms with Crippen molar-refractivity contribution in [3.05, 3.63) is 53.6 Å². The number of imidazole rings is 1. The first-order chi connectivity index (χ1) is 9.24. The number of aryl methyl sites for hydroxylation is 1. The molecule has 3 nitrogen and oxygen atoms in total. The van der Waals surface area contributed by atoms with Gasteiger partial charge in [0, 0.05) is 11.4 Å². The van der Waals surface area contributed by atoms with Crippen molar-refractivity contribution in [3.63, 3.8) is 0 Å². The Morgan fingerprint density at radius 3 is 2.79 bits per heavy atom. The van der Waals surface area contributed by atoms with Crippen LogP contribution in [-0.2, 0) is 5.75 Å². The van der Waals surface area contributed by atoms with Gasteiger partial charge in [0.2, 0.25) is 0 Å². The predicted octanol–water partition coefficient (Wildman–Crippen LogP) is 3.75. The normalized spacial score (nSPS) is 11.0. The van der Waals surface area contributed by atoms with Gasteiger partial charge in [0.15, 0.2) is 5.16 Å². The summed E-state index contributed by atoms with van der Waals surface area (Å²) >= 11 is 1.68. The lowest BCUT2D eigenvalue weighted by Crippen LogP contribution is -1.95. The Labute approximate surface area is 116 Å². The van der Waals surface area contributed by atoms with E-state index in [1.807, 2.05) is 36.4 Å². The number of aromatic amines is 1. The van der Waals surface area contributed by atoms with Gasteiger partial charge in [-0.05, 0) is 36.2 Å². The van der Waals surface area contributed by atoms with E-state index in [-0.39, 0.29) is 0 Å². The predicted molar refractivity (Wildman–Crippen MR) is 81.2 cm³/mol. The number of para-hydroxylation sites is 2. The molecule has 3 rings (SSSR count). The van der Waals surface area contributed by atoms with E-state index in [0.717, 1.165) is 27.6 Å². The molecule has 0 saturated carbocycles. The monoisotopic (exact) mass is 269 g/mol. The van der Waals surface area contributed by atoms with Crippen LogP contribution in [0, 0.1) is 6.92 Å². The van der Waals surface area contributed by atoms with Gasteiger partial charge < -0.3 is 10.7 Å². The molecule has 0 amide bonds. The van der Waals surface area contributed by atoms with Gasteiger partial charge in [-0.25, -0.2) is 4.98 Å². The van der Waals surface area contributed by atoms with Crippen molar-refractivity contribution in [1.82, 2.24) is 9.97 Å². The average Bonchev–Trinajstić information content (AvgIpc) is 2.81. The number of nitrogens with zero attached hydrogens (tertiary/aromatic N) is 1. The molecule has 3 aromatic rings. The van der Waals surface area contributed by atoms with Crippen molar-refractivity contribution in [1.29, 1.82) is 0 Å². The van der Waals surface area contributed by atoms with Crippen LogP contribution in [-0.4, -0.2) is 9.97 Å². The van der Waals surface area contributed by atoms with Crippen LogP contribution in [0.25, 0.3) is 11.0 Å². The number of nitrogens with two attached hydrogens (primary N) is 1. The minimum Gasteiger partial charge on any atom is -0.398 e. The average molecular weight is 269 g/mol. The van der Waals surface area contributed by atoms with E-state index in [4.69, 9.17) is 5.73 Å². The zero-order chi connectivity index (χ0) is 13.2. The van der Waals surface area contributed by atoms with Gasteiger partial charge in [-0.1, -0.05) is 36.0 Å². The smallest absolute Gasteiger partial charge is 0.166 e. The molecule has 1 heterocycles. The highest BCUT2D eigenvalue weighted by molar-refractivity contribution is 7.98. The van der Waals surface area contributed by atoms with Crippen molar-refractivity contribution in [2.45, 2.75) is 17.8 Å². The number of H-pyrrole nitrogens is 1. The maximum Gasteiger partial charge on any atom is 0.166 e. The lowest BCUT2D eigenvalue weighted by atomic mass is 10.1. The molecule has 0 unspecified atom stereocenters. The standard InChI is InChI=1S/C15H15N3S/c1-10-5-4-6-12(16)11(10)9-19-15-17-13-7-2-3-8-14(13)18-15/h2-8H,9,16H2,1H3,(H,17,18). The van der Waals surface area contributed by atoms with Crippen LogP contribution in [0.5, 0.6) is 0 Å². The zero-order valence-corrected chi connectivity index (χ0v) is 11.5. The summed E-state index contributed by atoms with van der Waals surface area (Å²) in [5.74, 6) is 0.832. The third kappa shape index (κ3) is 2.44. The van der Waals surface area contributed by atoms with E-state index in [9.17, 15) is 0 Å². The van der Waals surface area contributed by atoms with Crippen molar-refractivity contribution in [3.8, 4) is 0 Å². The van der Waals surface area contributed by atoms with Gasteiger partial charge in [0.25, 0.3) is 0 Å². The quantitative estimate of drug-likeness (QED) is 0.562. The molecule has 0 aliphatic carbocycles. The van der Waals surface area contributed by atoms with Gasteiger partial charge in [-0.15, -0.1) is 0 Å². The Morgan fingerprint density at radius 1 is 1.16 bits per heavy atom. The maximum absolute atomic E-state index is 6.02. The van der Waals surface area contributed by atoms with Crippen LogP contribution in [0.3, 0.4) is 0 Å². The lowest BCUT2D eigenvalue weighted by Gasteiger charge is -2.07. The van der Waals surface area contributed by atoms with E-state index < -0.39 is 0 Å². The fourth-order valence-electron chi connectivity index (χ4n) is 2.06. The Hall–Kier alpha value is -1.94. The van der Waals surface area contributed by atoms with Crippen molar-refractivity contribution in [2.24, 2.45) is 0 Å². The highest BCUT2D eigenvalue weighted by Gasteiger charge is 2.06. The number of benzene rings is 2. The van der Waals surface area contributed by atoms with Gasteiger partial charge in [-0.2, -0.15) is 0 Å². The number of fused-ring (bicyclic) bond motifs is 1. The topological polar surface area (TPSA) is 54.7 Å². The third-order valence-corrected chi connectivity index (χ3v) is 4.07. The summed E-state index contributed by atoms with van der Waals surface area (Å²) in [5, 5.41) is 0.934. The Morgan fingerprint density at radius 2 is 2.00 bits per heavy atom. The molecule has 0 spiro atoms. The van der Waals surface area contributed by atoms with Crippen molar-refractivity contribution < 1.29 is 0 Å². The molecule has 0 fully saturated rings.